The summed E-state index contributed by atoms with van der Waals surface area (Å²) in [5.41, 5.74) is -2.81. The average molecular weight is 255 g/mol. The summed E-state index contributed by atoms with van der Waals surface area (Å²) in [7, 11) is 0. The molecule has 2 unspecified atom stereocenters. The molecule has 104 valence electrons. The molecule has 18 heavy (non-hydrogen) atoms. The van der Waals surface area contributed by atoms with E-state index in [-0.39, 0.29) is 12.5 Å². The number of hydrogen-bond donors (Lipinski definition) is 2. The maximum absolute atomic E-state index is 9.74. The van der Waals surface area contributed by atoms with E-state index >= 15 is 0 Å². The Bertz CT molecular complexity index is 334. The lowest BCUT2D eigenvalue weighted by Crippen LogP contribution is -2.33. The van der Waals surface area contributed by atoms with Crippen LogP contribution in [-0.4, -0.2) is 33.0 Å². The Kier molecular flexibility index (Phi) is 5.45. The second-order valence-electron chi connectivity index (χ2n) is 6.46. The van der Waals surface area contributed by atoms with Crippen molar-refractivity contribution in [2.75, 3.05) is 0 Å². The highest BCUT2D eigenvalue weighted by molar-refractivity contribution is 5.06. The van der Waals surface area contributed by atoms with Gasteiger partial charge in [0.1, 0.15) is 0 Å². The van der Waals surface area contributed by atoms with Gasteiger partial charge in [-0.05, 0) is 48.0 Å². The summed E-state index contributed by atoms with van der Waals surface area (Å²) >= 11 is 0. The molecule has 0 aromatic carbocycles. The van der Waals surface area contributed by atoms with Crippen LogP contribution >= 0.6 is 0 Å². The first-order valence-corrected chi connectivity index (χ1v) is 6.15. The van der Waals surface area contributed by atoms with E-state index in [1.165, 1.54) is 0 Å². The zero-order chi connectivity index (χ0) is 14.6. The van der Waals surface area contributed by atoms with Gasteiger partial charge < -0.3 is 10.2 Å². The van der Waals surface area contributed by atoms with Crippen molar-refractivity contribution in [1.82, 2.24) is 0 Å². The molecule has 0 aliphatic heterocycles. The van der Waals surface area contributed by atoms with Crippen LogP contribution in [-0.2, 0) is 0 Å². The first-order valence-electron chi connectivity index (χ1n) is 6.15. The third kappa shape index (κ3) is 8.15. The normalized spacial score (nSPS) is 18.4. The van der Waals surface area contributed by atoms with E-state index in [0.29, 0.717) is 6.42 Å². The summed E-state index contributed by atoms with van der Waals surface area (Å²) in [5, 5.41) is 36.6. The van der Waals surface area contributed by atoms with Gasteiger partial charge in [-0.25, -0.2) is 0 Å². The van der Waals surface area contributed by atoms with Gasteiger partial charge in [-0.1, -0.05) is 0 Å². The number of nitrogens with zero attached hydrogens (tertiary/aromatic N) is 3. The predicted octanol–water partition coefficient (Wildman–Crippen LogP) is 2.43. The molecule has 2 atom stereocenters. The molecule has 0 aliphatic carbocycles. The van der Waals surface area contributed by atoms with Crippen LogP contribution in [0.3, 0.4) is 0 Å². The monoisotopic (exact) mass is 255 g/mol. The number of aliphatic hydroxyl groups is 2. The quantitative estimate of drug-likeness (QED) is 0.714. The van der Waals surface area contributed by atoms with E-state index in [4.69, 9.17) is 5.26 Å². The van der Waals surface area contributed by atoms with Gasteiger partial charge in [0.25, 0.3) is 0 Å². The molecule has 0 aliphatic rings. The van der Waals surface area contributed by atoms with Crippen molar-refractivity contribution in [3.05, 3.63) is 0 Å². The Hall–Kier alpha value is -0.990. The summed E-state index contributed by atoms with van der Waals surface area (Å²) in [4.78, 5) is 0. The van der Waals surface area contributed by atoms with Crippen LogP contribution in [0.25, 0.3) is 0 Å². The van der Waals surface area contributed by atoms with Gasteiger partial charge in [0, 0.05) is 6.42 Å². The highest BCUT2D eigenvalue weighted by Crippen LogP contribution is 2.24. The second-order valence-corrected chi connectivity index (χ2v) is 6.46. The minimum Gasteiger partial charge on any atom is -0.390 e. The SMILES string of the molecule is CC(CC(C)(C)O)N=NC(C)(C#N)CC(C)(C)O. The summed E-state index contributed by atoms with van der Waals surface area (Å²) in [5.74, 6) is 0. The van der Waals surface area contributed by atoms with Crippen molar-refractivity contribution in [1.29, 1.82) is 5.26 Å². The van der Waals surface area contributed by atoms with Gasteiger partial charge in [0.05, 0.1) is 23.3 Å². The summed E-state index contributed by atoms with van der Waals surface area (Å²) < 4.78 is 0. The lowest BCUT2D eigenvalue weighted by atomic mass is 9.90. The lowest BCUT2D eigenvalue weighted by Gasteiger charge is -2.25. The van der Waals surface area contributed by atoms with Crippen molar-refractivity contribution in [3.8, 4) is 6.07 Å². The van der Waals surface area contributed by atoms with E-state index in [1.54, 1.807) is 34.6 Å². The minimum atomic E-state index is -1.04. The zero-order valence-electron chi connectivity index (χ0n) is 12.2. The van der Waals surface area contributed by atoms with Crippen LogP contribution in [0.1, 0.15) is 54.4 Å². The Balaban J connectivity index is 4.68. The van der Waals surface area contributed by atoms with Crippen LogP contribution in [0.2, 0.25) is 0 Å². The molecule has 2 N–H and O–H groups in total. The zero-order valence-corrected chi connectivity index (χ0v) is 12.2. The molecule has 0 heterocycles. The topological polar surface area (TPSA) is 89.0 Å². The van der Waals surface area contributed by atoms with Gasteiger partial charge in [0.15, 0.2) is 5.54 Å². The second kappa shape index (κ2) is 5.77. The van der Waals surface area contributed by atoms with Crippen molar-refractivity contribution < 1.29 is 10.2 Å². The van der Waals surface area contributed by atoms with Crippen LogP contribution in [0, 0.1) is 11.3 Å². The van der Waals surface area contributed by atoms with Gasteiger partial charge >= 0.3 is 0 Å². The third-order valence-corrected chi connectivity index (χ3v) is 2.29. The highest BCUT2D eigenvalue weighted by atomic mass is 16.3. The maximum Gasteiger partial charge on any atom is 0.167 e. The smallest absolute Gasteiger partial charge is 0.167 e. The Morgan fingerprint density at radius 3 is 1.94 bits per heavy atom. The van der Waals surface area contributed by atoms with Gasteiger partial charge in [-0.3, -0.25) is 0 Å². The van der Waals surface area contributed by atoms with Gasteiger partial charge in [-0.15, -0.1) is 0 Å². The van der Waals surface area contributed by atoms with Crippen molar-refractivity contribution >= 4 is 0 Å². The van der Waals surface area contributed by atoms with Gasteiger partial charge in [-0.2, -0.15) is 15.5 Å². The van der Waals surface area contributed by atoms with Crippen molar-refractivity contribution in [2.24, 2.45) is 10.2 Å². The largest absolute Gasteiger partial charge is 0.390 e. The molecule has 0 spiro atoms. The van der Waals surface area contributed by atoms with E-state index in [9.17, 15) is 10.2 Å². The van der Waals surface area contributed by atoms with Crippen LogP contribution in [0.5, 0.6) is 0 Å². The van der Waals surface area contributed by atoms with Crippen LogP contribution in [0.4, 0.5) is 0 Å². The van der Waals surface area contributed by atoms with Crippen molar-refractivity contribution in [2.45, 2.75) is 77.2 Å². The summed E-state index contributed by atoms with van der Waals surface area (Å²) in [6, 6.07) is 1.90. The first-order chi connectivity index (χ1) is 7.87. The van der Waals surface area contributed by atoms with E-state index in [0.717, 1.165) is 0 Å². The average Bonchev–Trinajstić information content (AvgIpc) is 2.09. The molecule has 0 radical (unpaired) electrons. The number of nitriles is 1. The molecule has 0 aromatic heterocycles. The fourth-order valence-corrected chi connectivity index (χ4v) is 1.93. The molecule has 5 nitrogen and oxygen atoms in total. The Labute approximate surface area is 110 Å². The van der Waals surface area contributed by atoms with E-state index in [1.807, 2.05) is 6.92 Å². The molecule has 0 amide bonds. The maximum atomic E-state index is 9.74. The minimum absolute atomic E-state index is 0.167. The predicted molar refractivity (Wildman–Crippen MR) is 70.2 cm³/mol. The van der Waals surface area contributed by atoms with E-state index < -0.39 is 16.7 Å². The molecule has 0 fully saturated rings. The molecular formula is C13H25N3O2. The highest BCUT2D eigenvalue weighted by Gasteiger charge is 2.31. The Morgan fingerprint density at radius 2 is 1.61 bits per heavy atom. The third-order valence-electron chi connectivity index (χ3n) is 2.29. The van der Waals surface area contributed by atoms with Crippen LogP contribution < -0.4 is 0 Å². The molecule has 0 saturated carbocycles. The Morgan fingerprint density at radius 1 is 1.11 bits per heavy atom. The number of hydrogen-bond acceptors (Lipinski definition) is 5. The molecular weight excluding hydrogens is 230 g/mol. The van der Waals surface area contributed by atoms with Crippen molar-refractivity contribution in [3.63, 3.8) is 0 Å². The molecule has 0 saturated heterocycles. The molecule has 0 bridgehead atoms. The first kappa shape index (κ1) is 17.0. The fraction of sp³-hybridized carbons (Fsp3) is 0.923. The lowest BCUT2D eigenvalue weighted by molar-refractivity contribution is 0.0540. The van der Waals surface area contributed by atoms with E-state index in [2.05, 4.69) is 16.3 Å². The van der Waals surface area contributed by atoms with Crippen LogP contribution in [0.15, 0.2) is 10.2 Å². The number of azo groups is 1. The fourth-order valence-electron chi connectivity index (χ4n) is 1.93. The molecule has 5 heteroatoms. The molecule has 0 rings (SSSR count). The van der Waals surface area contributed by atoms with Gasteiger partial charge in [0.2, 0.25) is 0 Å². The summed E-state index contributed by atoms with van der Waals surface area (Å²) in [6.45, 7) is 10.2. The molecule has 0 aromatic rings. The standard InChI is InChI=1S/C13H25N3O2/c1-10(7-11(2,3)17)15-16-13(6,9-14)8-12(4,5)18/h10,17-18H,7-8H2,1-6H3. The summed E-state index contributed by atoms with van der Waals surface area (Å²) in [6.07, 6.45) is 0.690. The number of rotatable bonds is 6.